The van der Waals surface area contributed by atoms with Crippen molar-refractivity contribution >= 4 is 11.8 Å². The van der Waals surface area contributed by atoms with Crippen LogP contribution in [0, 0.1) is 0 Å². The van der Waals surface area contributed by atoms with Crippen molar-refractivity contribution < 1.29 is 19.3 Å². The number of aliphatic hydroxyl groups is 1. The third-order valence-electron chi connectivity index (χ3n) is 6.03. The lowest BCUT2D eigenvalue weighted by atomic mass is 9.90. The van der Waals surface area contributed by atoms with E-state index in [-0.39, 0.29) is 5.43 Å². The molecule has 1 saturated heterocycles. The monoisotopic (exact) mass is 428 g/mol. The van der Waals surface area contributed by atoms with Crippen LogP contribution in [0.3, 0.4) is 0 Å². The molecule has 0 saturated carbocycles. The molecule has 1 heterocycles. The van der Waals surface area contributed by atoms with Gasteiger partial charge in [0, 0.05) is 17.7 Å². The van der Waals surface area contributed by atoms with Gasteiger partial charge in [0.05, 0.1) is 25.2 Å². The van der Waals surface area contributed by atoms with Crippen LogP contribution in [0.2, 0.25) is 0 Å². The molecule has 4 rings (SSSR count). The summed E-state index contributed by atoms with van der Waals surface area (Å²) < 4.78 is 17.6. The van der Waals surface area contributed by atoms with Gasteiger partial charge in [0.2, 0.25) is 0 Å². The first kappa shape index (κ1) is 21.2. The van der Waals surface area contributed by atoms with E-state index in [2.05, 4.69) is 6.07 Å². The topological polar surface area (TPSA) is 65.0 Å². The highest BCUT2D eigenvalue weighted by Gasteiger charge is 2.33. The second kappa shape index (κ2) is 9.00. The summed E-state index contributed by atoms with van der Waals surface area (Å²) in [5.41, 5.74) is 5.02. The molecule has 160 valence electrons. The van der Waals surface area contributed by atoms with Crippen LogP contribution in [0.1, 0.15) is 42.1 Å². The maximum absolute atomic E-state index is 12.6. The van der Waals surface area contributed by atoms with Gasteiger partial charge < -0.3 is 19.3 Å². The molecule has 1 fully saturated rings. The maximum Gasteiger partial charge on any atom is 0.192 e. The summed E-state index contributed by atoms with van der Waals surface area (Å²) in [6, 6.07) is 7.80. The third kappa shape index (κ3) is 3.72. The van der Waals surface area contributed by atoms with E-state index in [4.69, 9.17) is 14.2 Å². The molecule has 1 N–H and O–H groups in total. The predicted molar refractivity (Wildman–Crippen MR) is 119 cm³/mol. The second-order valence-corrected chi connectivity index (χ2v) is 8.62. The van der Waals surface area contributed by atoms with Crippen LogP contribution in [-0.4, -0.2) is 38.3 Å². The van der Waals surface area contributed by atoms with Crippen LogP contribution in [0.25, 0.3) is 11.1 Å². The van der Waals surface area contributed by atoms with Crippen molar-refractivity contribution in [2.24, 2.45) is 0 Å². The van der Waals surface area contributed by atoms with Crippen LogP contribution in [0.15, 0.2) is 34.0 Å². The van der Waals surface area contributed by atoms with E-state index in [9.17, 15) is 9.90 Å². The lowest BCUT2D eigenvalue weighted by Gasteiger charge is -2.31. The number of fused-ring (bicyclic) bond motifs is 3. The Labute approximate surface area is 181 Å². The summed E-state index contributed by atoms with van der Waals surface area (Å²) in [5.74, 6) is 1.23. The summed E-state index contributed by atoms with van der Waals surface area (Å²) in [7, 11) is 3.26. The molecule has 2 atom stereocenters. The molecule has 30 heavy (non-hydrogen) atoms. The van der Waals surface area contributed by atoms with Crippen LogP contribution in [0.5, 0.6) is 11.5 Å². The lowest BCUT2D eigenvalue weighted by molar-refractivity contribution is -0.0767. The summed E-state index contributed by atoms with van der Waals surface area (Å²) in [4.78, 5) is 13.3. The number of methoxy groups -OCH3 is 2. The molecule has 5 nitrogen and oxygen atoms in total. The van der Waals surface area contributed by atoms with E-state index >= 15 is 0 Å². The van der Waals surface area contributed by atoms with Crippen LogP contribution in [-0.2, 0) is 17.6 Å². The number of hydrogen-bond acceptors (Lipinski definition) is 6. The highest BCUT2D eigenvalue weighted by atomic mass is 32.2. The largest absolute Gasteiger partial charge is 0.492 e. The molecule has 2 unspecified atom stereocenters. The molecule has 2 aliphatic rings. The Morgan fingerprint density at radius 2 is 1.83 bits per heavy atom. The number of thioether (sulfide) groups is 1. The number of rotatable bonds is 4. The highest BCUT2D eigenvalue weighted by molar-refractivity contribution is 7.98. The molecule has 1 aliphatic heterocycles. The minimum Gasteiger partial charge on any atom is -0.492 e. The summed E-state index contributed by atoms with van der Waals surface area (Å²) >= 11 is 1.46. The normalized spacial score (nSPS) is 20.7. The SMILES string of the molecule is COc1c(C2OCCCC2O)cc2c(c1OC)-c1ccc(SC)c(=O)cc1CCC2. The van der Waals surface area contributed by atoms with Crippen LogP contribution >= 0.6 is 11.8 Å². The van der Waals surface area contributed by atoms with Gasteiger partial charge in [0.25, 0.3) is 0 Å². The molecule has 0 radical (unpaired) electrons. The van der Waals surface area contributed by atoms with Gasteiger partial charge in [-0.3, -0.25) is 4.79 Å². The number of hydrogen-bond donors (Lipinski definition) is 1. The van der Waals surface area contributed by atoms with Gasteiger partial charge in [-0.25, -0.2) is 0 Å². The molecule has 2 aromatic rings. The molecular weight excluding hydrogens is 400 g/mol. The number of benzene rings is 1. The minimum atomic E-state index is -0.571. The third-order valence-corrected chi connectivity index (χ3v) is 6.81. The van der Waals surface area contributed by atoms with Gasteiger partial charge in [-0.2, -0.15) is 0 Å². The van der Waals surface area contributed by atoms with Crippen molar-refractivity contribution in [2.75, 3.05) is 27.1 Å². The van der Waals surface area contributed by atoms with Gasteiger partial charge in [0.15, 0.2) is 16.9 Å². The average Bonchev–Trinajstić information content (AvgIpc) is 3.01. The number of aliphatic hydroxyl groups excluding tert-OH is 1. The second-order valence-electron chi connectivity index (χ2n) is 7.77. The van der Waals surface area contributed by atoms with Crippen molar-refractivity contribution in [3.05, 3.63) is 51.2 Å². The standard InChI is InChI=1S/C24H28O5S/c1-27-23-17(22-18(25)8-5-11-29-22)12-15-7-4-6-14-13-19(26)20(30-3)10-9-16(14)21(15)24(23)28-2/h9-10,12-13,18,22,25H,4-8,11H2,1-3H3. The number of aryl methyl sites for hydroxylation is 2. The summed E-state index contributed by atoms with van der Waals surface area (Å²) in [6.07, 6.45) is 5.08. The quantitative estimate of drug-likeness (QED) is 0.738. The van der Waals surface area contributed by atoms with E-state index in [1.165, 1.54) is 11.8 Å². The molecule has 0 bridgehead atoms. The fraction of sp³-hybridized carbons (Fsp3) is 0.458. The van der Waals surface area contributed by atoms with Gasteiger partial charge in [-0.1, -0.05) is 6.07 Å². The molecular formula is C24H28O5S. The molecule has 2 aromatic carbocycles. The lowest BCUT2D eigenvalue weighted by Crippen LogP contribution is -2.27. The first-order valence-corrected chi connectivity index (χ1v) is 11.6. The molecule has 0 amide bonds. The summed E-state index contributed by atoms with van der Waals surface area (Å²) in [5, 5.41) is 10.6. The van der Waals surface area contributed by atoms with Crippen molar-refractivity contribution in [3.63, 3.8) is 0 Å². The van der Waals surface area contributed by atoms with E-state index in [1.54, 1.807) is 20.3 Å². The zero-order valence-corrected chi connectivity index (χ0v) is 18.5. The van der Waals surface area contributed by atoms with Crippen LogP contribution < -0.4 is 14.9 Å². The van der Waals surface area contributed by atoms with Crippen molar-refractivity contribution in [2.45, 2.75) is 49.2 Å². The van der Waals surface area contributed by atoms with Gasteiger partial charge in [-0.15, -0.1) is 11.8 Å². The predicted octanol–water partition coefficient (Wildman–Crippen LogP) is 4.15. The van der Waals surface area contributed by atoms with Crippen molar-refractivity contribution in [3.8, 4) is 22.6 Å². The smallest absolute Gasteiger partial charge is 0.192 e. The molecule has 0 aromatic heterocycles. The fourth-order valence-electron chi connectivity index (χ4n) is 4.63. The van der Waals surface area contributed by atoms with Crippen molar-refractivity contribution in [1.29, 1.82) is 0 Å². The fourth-order valence-corrected chi connectivity index (χ4v) is 5.10. The first-order chi connectivity index (χ1) is 14.6. The minimum absolute atomic E-state index is 0.0495. The Kier molecular flexibility index (Phi) is 6.37. The van der Waals surface area contributed by atoms with Crippen molar-refractivity contribution in [1.82, 2.24) is 0 Å². The average molecular weight is 429 g/mol. The molecule has 6 heteroatoms. The van der Waals surface area contributed by atoms with E-state index in [0.717, 1.165) is 58.4 Å². The molecule has 1 aliphatic carbocycles. The zero-order chi connectivity index (χ0) is 21.3. The van der Waals surface area contributed by atoms with Gasteiger partial charge in [0.1, 0.15) is 6.10 Å². The van der Waals surface area contributed by atoms with E-state index in [1.807, 2.05) is 18.4 Å². The first-order valence-electron chi connectivity index (χ1n) is 10.4. The molecule has 0 spiro atoms. The van der Waals surface area contributed by atoms with Gasteiger partial charge >= 0.3 is 0 Å². The van der Waals surface area contributed by atoms with Crippen LogP contribution in [0.4, 0.5) is 0 Å². The summed E-state index contributed by atoms with van der Waals surface area (Å²) in [6.45, 7) is 0.618. The zero-order valence-electron chi connectivity index (χ0n) is 17.7. The Hall–Kier alpha value is -2.02. The highest BCUT2D eigenvalue weighted by Crippen LogP contribution is 2.49. The van der Waals surface area contributed by atoms with E-state index in [0.29, 0.717) is 24.5 Å². The Balaban J connectivity index is 1.98. The van der Waals surface area contributed by atoms with E-state index < -0.39 is 12.2 Å². The maximum atomic E-state index is 12.6. The van der Waals surface area contributed by atoms with Gasteiger partial charge in [-0.05, 0) is 73.2 Å². The Bertz CT molecular complexity index is 1000. The number of ether oxygens (including phenoxy) is 3. The Morgan fingerprint density at radius 1 is 1.07 bits per heavy atom. The Morgan fingerprint density at radius 3 is 2.53 bits per heavy atom.